The summed E-state index contributed by atoms with van der Waals surface area (Å²) in [6.07, 6.45) is 95.2. The van der Waals surface area contributed by atoms with Gasteiger partial charge in [0.2, 0.25) is 0 Å². The van der Waals surface area contributed by atoms with Gasteiger partial charge in [-0.25, -0.2) is 0 Å². The molecule has 0 saturated carbocycles. The third-order valence-corrected chi connectivity index (χ3v) is 14.4. The topological polar surface area (TPSA) is 78.9 Å². The van der Waals surface area contributed by atoms with Crippen LogP contribution in [0.3, 0.4) is 0 Å². The van der Waals surface area contributed by atoms with Crippen LogP contribution in [0.2, 0.25) is 0 Å². The molecule has 0 aromatic heterocycles. The van der Waals surface area contributed by atoms with E-state index in [-0.39, 0.29) is 31.1 Å². The lowest BCUT2D eigenvalue weighted by Gasteiger charge is -2.18. The Kier molecular flexibility index (Phi) is 64.8. The summed E-state index contributed by atoms with van der Waals surface area (Å²) in [5, 5.41) is 0. The molecule has 0 amide bonds. The molecule has 0 spiro atoms. The standard InChI is InChI=1S/C75H126O6/c1-4-7-10-13-16-19-22-25-27-28-29-30-31-32-33-34-35-36-37-38-39-40-41-42-43-44-45-46-48-50-53-56-59-62-65-68-74(77)80-71-72(70-79-73(76)67-64-61-58-55-52-49-24-21-18-15-12-9-6-3)81-75(78)69-66-63-60-57-54-51-47-26-23-20-17-14-11-8-5-2/h7-8,10-12,15-17,19-21,24-27,29-30,32-33,47,72H,4-6,9,13-14,18,22-23,28,31,34-46,48-71H2,1-3H3/b10-7-,11-8-,15-12-,19-16-,20-17-,24-21-,27-25-,30-29-,33-32-,47-26-. The van der Waals surface area contributed by atoms with E-state index in [0.717, 1.165) is 161 Å². The minimum absolute atomic E-state index is 0.0884. The van der Waals surface area contributed by atoms with Crippen LogP contribution in [0.25, 0.3) is 0 Å². The van der Waals surface area contributed by atoms with Crippen molar-refractivity contribution in [1.29, 1.82) is 0 Å². The molecule has 0 fully saturated rings. The lowest BCUT2D eigenvalue weighted by molar-refractivity contribution is -0.167. The van der Waals surface area contributed by atoms with Crippen LogP contribution in [0.5, 0.6) is 0 Å². The van der Waals surface area contributed by atoms with Gasteiger partial charge in [-0.05, 0) is 122 Å². The van der Waals surface area contributed by atoms with Gasteiger partial charge in [-0.2, -0.15) is 0 Å². The summed E-state index contributed by atoms with van der Waals surface area (Å²) in [6, 6.07) is 0. The number of allylic oxidation sites excluding steroid dienone is 20. The number of hydrogen-bond donors (Lipinski definition) is 0. The maximum Gasteiger partial charge on any atom is 0.306 e. The Morgan fingerprint density at radius 3 is 0.753 bits per heavy atom. The maximum absolute atomic E-state index is 12.9. The molecule has 6 heteroatoms. The lowest BCUT2D eigenvalue weighted by atomic mass is 10.0. The molecule has 0 aliphatic heterocycles. The monoisotopic (exact) mass is 1120 g/mol. The zero-order valence-electron chi connectivity index (χ0n) is 53.0. The summed E-state index contributed by atoms with van der Waals surface area (Å²) in [6.45, 7) is 6.34. The molecule has 1 atom stereocenters. The Morgan fingerprint density at radius 1 is 0.259 bits per heavy atom. The van der Waals surface area contributed by atoms with Crippen LogP contribution < -0.4 is 0 Å². The SMILES string of the molecule is CC/C=C\C/C=C\C/C=C\C/C=C\C/C=C\CCCCCCCCCCCCCCCCCCCCCC(=O)OCC(COC(=O)CCCCCCC/C=C\C/C=C\CCC)OC(=O)CCCCCCC/C=C\C/C=C\C/C=C\CC. The molecule has 462 valence electrons. The van der Waals surface area contributed by atoms with Crippen LogP contribution in [-0.4, -0.2) is 37.2 Å². The average molecular weight is 1120 g/mol. The van der Waals surface area contributed by atoms with Crippen LogP contribution in [0.15, 0.2) is 122 Å². The fourth-order valence-electron chi connectivity index (χ4n) is 9.41. The average Bonchev–Trinajstić information content (AvgIpc) is 3.46. The second-order valence-corrected chi connectivity index (χ2v) is 22.3. The van der Waals surface area contributed by atoms with Crippen molar-refractivity contribution in [2.24, 2.45) is 0 Å². The second-order valence-electron chi connectivity index (χ2n) is 22.3. The van der Waals surface area contributed by atoms with Gasteiger partial charge in [0.05, 0.1) is 0 Å². The van der Waals surface area contributed by atoms with Gasteiger partial charge in [-0.1, -0.05) is 296 Å². The highest BCUT2D eigenvalue weighted by atomic mass is 16.6. The summed E-state index contributed by atoms with van der Waals surface area (Å²) in [7, 11) is 0. The molecule has 0 bridgehead atoms. The Hall–Kier alpha value is -4.19. The van der Waals surface area contributed by atoms with Crippen molar-refractivity contribution in [2.45, 2.75) is 322 Å². The summed E-state index contributed by atoms with van der Waals surface area (Å²) < 4.78 is 16.9. The largest absolute Gasteiger partial charge is 0.462 e. The predicted octanol–water partition coefficient (Wildman–Crippen LogP) is 23.6. The van der Waals surface area contributed by atoms with E-state index < -0.39 is 6.10 Å². The third-order valence-electron chi connectivity index (χ3n) is 14.4. The highest BCUT2D eigenvalue weighted by Crippen LogP contribution is 2.17. The zero-order valence-corrected chi connectivity index (χ0v) is 53.0. The summed E-state index contributed by atoms with van der Waals surface area (Å²) in [4.78, 5) is 38.3. The van der Waals surface area contributed by atoms with E-state index in [1.807, 2.05) is 0 Å². The molecule has 81 heavy (non-hydrogen) atoms. The van der Waals surface area contributed by atoms with Gasteiger partial charge < -0.3 is 14.2 Å². The number of hydrogen-bond acceptors (Lipinski definition) is 6. The normalized spacial score (nSPS) is 12.9. The summed E-state index contributed by atoms with van der Waals surface area (Å²) >= 11 is 0. The zero-order chi connectivity index (χ0) is 58.5. The number of carbonyl (C=O) groups is 3. The minimum atomic E-state index is -0.794. The number of rotatable bonds is 61. The van der Waals surface area contributed by atoms with E-state index in [0.29, 0.717) is 19.3 Å². The van der Waals surface area contributed by atoms with Crippen LogP contribution >= 0.6 is 0 Å². The molecular weight excluding hydrogens is 997 g/mol. The van der Waals surface area contributed by atoms with Gasteiger partial charge in [0, 0.05) is 19.3 Å². The van der Waals surface area contributed by atoms with Crippen molar-refractivity contribution in [2.75, 3.05) is 13.2 Å². The lowest BCUT2D eigenvalue weighted by Crippen LogP contribution is -2.30. The number of ether oxygens (including phenoxy) is 3. The van der Waals surface area contributed by atoms with Gasteiger partial charge in [0.25, 0.3) is 0 Å². The summed E-state index contributed by atoms with van der Waals surface area (Å²) in [5.74, 6) is -0.912. The van der Waals surface area contributed by atoms with Crippen molar-refractivity contribution in [3.05, 3.63) is 122 Å². The predicted molar refractivity (Wildman–Crippen MR) is 353 cm³/mol. The second kappa shape index (κ2) is 68.3. The van der Waals surface area contributed by atoms with Crippen molar-refractivity contribution in [1.82, 2.24) is 0 Å². The Balaban J connectivity index is 4.13. The fourth-order valence-corrected chi connectivity index (χ4v) is 9.41. The molecule has 0 aliphatic carbocycles. The van der Waals surface area contributed by atoms with Crippen molar-refractivity contribution in [3.63, 3.8) is 0 Å². The maximum atomic E-state index is 12.9. The Labute approximate surface area is 501 Å². The van der Waals surface area contributed by atoms with Gasteiger partial charge in [0.15, 0.2) is 6.10 Å². The fraction of sp³-hybridized carbons (Fsp3) is 0.693. The van der Waals surface area contributed by atoms with E-state index in [4.69, 9.17) is 14.2 Å². The van der Waals surface area contributed by atoms with E-state index in [2.05, 4.69) is 142 Å². The van der Waals surface area contributed by atoms with Crippen LogP contribution in [0, 0.1) is 0 Å². The molecule has 0 radical (unpaired) electrons. The first-order valence-electron chi connectivity index (χ1n) is 34.0. The molecule has 1 unspecified atom stereocenters. The van der Waals surface area contributed by atoms with Crippen molar-refractivity contribution < 1.29 is 28.6 Å². The molecule has 0 aromatic rings. The van der Waals surface area contributed by atoms with Gasteiger partial charge in [-0.15, -0.1) is 0 Å². The van der Waals surface area contributed by atoms with Gasteiger partial charge in [0.1, 0.15) is 13.2 Å². The molecule has 6 nitrogen and oxygen atoms in total. The van der Waals surface area contributed by atoms with Crippen molar-refractivity contribution in [3.8, 4) is 0 Å². The first-order chi connectivity index (χ1) is 40.0. The minimum Gasteiger partial charge on any atom is -0.462 e. The highest BCUT2D eigenvalue weighted by Gasteiger charge is 2.19. The Morgan fingerprint density at radius 2 is 0.481 bits per heavy atom. The first kappa shape index (κ1) is 76.8. The van der Waals surface area contributed by atoms with Crippen LogP contribution in [0.4, 0.5) is 0 Å². The molecule has 0 aliphatic rings. The molecule has 0 heterocycles. The number of esters is 3. The quantitative estimate of drug-likeness (QED) is 0.0261. The summed E-state index contributed by atoms with van der Waals surface area (Å²) in [5.41, 5.74) is 0. The van der Waals surface area contributed by atoms with Gasteiger partial charge in [-0.3, -0.25) is 14.4 Å². The smallest absolute Gasteiger partial charge is 0.306 e. The number of carbonyl (C=O) groups excluding carboxylic acids is 3. The van der Waals surface area contributed by atoms with E-state index >= 15 is 0 Å². The van der Waals surface area contributed by atoms with E-state index in [1.165, 1.54) is 116 Å². The molecular formula is C75H126O6. The molecule has 0 aromatic carbocycles. The van der Waals surface area contributed by atoms with Gasteiger partial charge >= 0.3 is 17.9 Å². The molecule has 0 rings (SSSR count). The van der Waals surface area contributed by atoms with Crippen molar-refractivity contribution >= 4 is 17.9 Å². The highest BCUT2D eigenvalue weighted by molar-refractivity contribution is 5.71. The van der Waals surface area contributed by atoms with Crippen LogP contribution in [0.1, 0.15) is 316 Å². The Bertz CT molecular complexity index is 1670. The number of unbranched alkanes of at least 4 members (excludes halogenated alkanes) is 30. The first-order valence-corrected chi connectivity index (χ1v) is 34.0. The van der Waals surface area contributed by atoms with E-state index in [9.17, 15) is 14.4 Å². The van der Waals surface area contributed by atoms with E-state index in [1.54, 1.807) is 0 Å². The van der Waals surface area contributed by atoms with Crippen LogP contribution in [-0.2, 0) is 28.6 Å². The molecule has 0 saturated heterocycles. The molecule has 0 N–H and O–H groups in total. The third kappa shape index (κ3) is 66.5.